The van der Waals surface area contributed by atoms with Crippen LogP contribution in [0.1, 0.15) is 15.9 Å². The van der Waals surface area contributed by atoms with Crippen molar-refractivity contribution in [2.24, 2.45) is 5.10 Å². The topological polar surface area (TPSA) is 93.8 Å². The number of ether oxygens (including phenoxy) is 1. The molecule has 26 heavy (non-hydrogen) atoms. The van der Waals surface area contributed by atoms with Gasteiger partial charge >= 0.3 is 5.00 Å². The van der Waals surface area contributed by atoms with Crippen molar-refractivity contribution in [2.75, 3.05) is 0 Å². The van der Waals surface area contributed by atoms with Gasteiger partial charge in [0, 0.05) is 17.0 Å². The summed E-state index contributed by atoms with van der Waals surface area (Å²) < 4.78 is 5.74. The molecule has 0 fully saturated rings. The van der Waals surface area contributed by atoms with Gasteiger partial charge in [0.2, 0.25) is 0 Å². The summed E-state index contributed by atoms with van der Waals surface area (Å²) in [5, 5.41) is 16.1. The molecule has 1 aromatic heterocycles. The number of amides is 1. The fourth-order valence-electron chi connectivity index (χ4n) is 2.09. The maximum atomic E-state index is 12.3. The lowest BCUT2D eigenvalue weighted by atomic mass is 10.2. The van der Waals surface area contributed by atoms with Crippen molar-refractivity contribution in [3.63, 3.8) is 0 Å². The fourth-order valence-corrected chi connectivity index (χ4v) is 2.76. The molecule has 1 heterocycles. The maximum absolute atomic E-state index is 12.3. The molecule has 0 atom stereocenters. The Labute approximate surface area is 152 Å². The van der Waals surface area contributed by atoms with E-state index < -0.39 is 10.8 Å². The van der Waals surface area contributed by atoms with E-state index >= 15 is 0 Å². The number of hydrogen-bond donors (Lipinski definition) is 1. The number of carbonyl (C=O) groups excluding carboxylic acids is 1. The molecule has 0 bridgehead atoms. The number of hydrogen-bond acceptors (Lipinski definition) is 6. The molecule has 3 rings (SSSR count). The monoisotopic (exact) mass is 367 g/mol. The van der Waals surface area contributed by atoms with Crippen LogP contribution in [0.15, 0.2) is 71.1 Å². The van der Waals surface area contributed by atoms with Crippen LogP contribution < -0.4 is 10.2 Å². The highest BCUT2D eigenvalue weighted by Crippen LogP contribution is 2.25. The van der Waals surface area contributed by atoms with Gasteiger partial charge in [-0.2, -0.15) is 5.10 Å². The minimum Gasteiger partial charge on any atom is -0.457 e. The van der Waals surface area contributed by atoms with Crippen LogP contribution in [0.25, 0.3) is 0 Å². The van der Waals surface area contributed by atoms with Gasteiger partial charge in [-0.05, 0) is 24.3 Å². The Hall–Kier alpha value is -3.52. The van der Waals surface area contributed by atoms with Crippen molar-refractivity contribution >= 4 is 28.5 Å². The Morgan fingerprint density at radius 1 is 1.15 bits per heavy atom. The first-order valence-corrected chi connectivity index (χ1v) is 8.40. The van der Waals surface area contributed by atoms with Crippen LogP contribution in [0, 0.1) is 10.1 Å². The Bertz CT molecular complexity index is 954. The van der Waals surface area contributed by atoms with Crippen LogP contribution in [0.2, 0.25) is 0 Å². The molecule has 1 N–H and O–H groups in total. The first kappa shape index (κ1) is 17.3. The molecule has 0 aliphatic rings. The normalized spacial score (nSPS) is 10.6. The van der Waals surface area contributed by atoms with E-state index in [-0.39, 0.29) is 5.00 Å². The standard InChI is InChI=1S/C18H13N3O4S/c22-18(20-19-11-13-10-17(21(23)24)26-12-13)15-8-4-5-9-16(15)25-14-6-2-1-3-7-14/h1-12H,(H,20,22). The van der Waals surface area contributed by atoms with E-state index in [0.29, 0.717) is 22.6 Å². The number of nitro groups is 1. The van der Waals surface area contributed by atoms with E-state index in [0.717, 1.165) is 11.3 Å². The largest absolute Gasteiger partial charge is 0.457 e. The van der Waals surface area contributed by atoms with Crippen LogP contribution in [0.3, 0.4) is 0 Å². The zero-order chi connectivity index (χ0) is 18.4. The van der Waals surface area contributed by atoms with Crippen LogP contribution in [0.4, 0.5) is 5.00 Å². The molecule has 8 heteroatoms. The average molecular weight is 367 g/mol. The summed E-state index contributed by atoms with van der Waals surface area (Å²) in [5.74, 6) is 0.567. The summed E-state index contributed by atoms with van der Waals surface area (Å²) in [6, 6.07) is 17.3. The van der Waals surface area contributed by atoms with E-state index in [4.69, 9.17) is 4.74 Å². The number of nitrogens with zero attached hydrogens (tertiary/aromatic N) is 2. The fraction of sp³-hybridized carbons (Fsp3) is 0. The Balaban J connectivity index is 1.69. The molecular weight excluding hydrogens is 354 g/mol. The predicted molar refractivity (Wildman–Crippen MR) is 99.0 cm³/mol. The van der Waals surface area contributed by atoms with Gasteiger partial charge in [0.25, 0.3) is 5.91 Å². The summed E-state index contributed by atoms with van der Waals surface area (Å²) >= 11 is 0.994. The third kappa shape index (κ3) is 4.31. The van der Waals surface area contributed by atoms with Crippen LogP contribution in [-0.2, 0) is 0 Å². The second kappa shape index (κ2) is 8.04. The Morgan fingerprint density at radius 2 is 1.88 bits per heavy atom. The average Bonchev–Trinajstić information content (AvgIpc) is 3.12. The summed E-state index contributed by atoms with van der Waals surface area (Å²) in [6.07, 6.45) is 1.35. The van der Waals surface area contributed by atoms with E-state index in [2.05, 4.69) is 10.5 Å². The van der Waals surface area contributed by atoms with Crippen molar-refractivity contribution in [1.29, 1.82) is 0 Å². The molecule has 0 saturated carbocycles. The third-order valence-electron chi connectivity index (χ3n) is 3.27. The van der Waals surface area contributed by atoms with Gasteiger partial charge in [0.1, 0.15) is 11.5 Å². The molecule has 0 unspecified atom stereocenters. The molecule has 2 aromatic carbocycles. The highest BCUT2D eigenvalue weighted by molar-refractivity contribution is 7.13. The number of benzene rings is 2. The Morgan fingerprint density at radius 3 is 2.62 bits per heavy atom. The highest BCUT2D eigenvalue weighted by Gasteiger charge is 2.12. The number of para-hydroxylation sites is 2. The lowest BCUT2D eigenvalue weighted by Crippen LogP contribution is -2.18. The van der Waals surface area contributed by atoms with Gasteiger partial charge < -0.3 is 4.74 Å². The number of thiophene rings is 1. The quantitative estimate of drug-likeness (QED) is 0.401. The summed E-state index contributed by atoms with van der Waals surface area (Å²) in [6.45, 7) is 0. The lowest BCUT2D eigenvalue weighted by Gasteiger charge is -2.09. The molecule has 0 aliphatic carbocycles. The smallest absolute Gasteiger partial charge is 0.324 e. The van der Waals surface area contributed by atoms with Gasteiger partial charge in [-0.15, -0.1) is 0 Å². The summed E-state index contributed by atoms with van der Waals surface area (Å²) in [5.41, 5.74) is 3.26. The predicted octanol–water partition coefficient (Wildman–Crippen LogP) is 4.21. The molecule has 130 valence electrons. The molecule has 0 spiro atoms. The number of nitrogens with one attached hydrogen (secondary N) is 1. The van der Waals surface area contributed by atoms with E-state index in [9.17, 15) is 14.9 Å². The molecule has 7 nitrogen and oxygen atoms in total. The van der Waals surface area contributed by atoms with E-state index in [1.54, 1.807) is 41.8 Å². The second-order valence-electron chi connectivity index (χ2n) is 5.09. The zero-order valence-corrected chi connectivity index (χ0v) is 14.2. The first-order chi connectivity index (χ1) is 12.6. The van der Waals surface area contributed by atoms with Gasteiger partial charge in [-0.25, -0.2) is 5.43 Å². The number of carbonyl (C=O) groups is 1. The van der Waals surface area contributed by atoms with Crippen molar-refractivity contribution in [2.45, 2.75) is 0 Å². The summed E-state index contributed by atoms with van der Waals surface area (Å²) in [7, 11) is 0. The minimum atomic E-state index is -0.474. The maximum Gasteiger partial charge on any atom is 0.324 e. The van der Waals surface area contributed by atoms with Crippen LogP contribution >= 0.6 is 11.3 Å². The van der Waals surface area contributed by atoms with Crippen LogP contribution in [0.5, 0.6) is 11.5 Å². The third-order valence-corrected chi connectivity index (χ3v) is 4.17. The van der Waals surface area contributed by atoms with Crippen molar-refractivity contribution in [3.8, 4) is 11.5 Å². The van der Waals surface area contributed by atoms with E-state index in [1.807, 2.05) is 18.2 Å². The van der Waals surface area contributed by atoms with E-state index in [1.165, 1.54) is 12.3 Å². The molecule has 0 aliphatic heterocycles. The van der Waals surface area contributed by atoms with Crippen molar-refractivity contribution in [3.05, 3.63) is 87.3 Å². The Kier molecular flexibility index (Phi) is 5.35. The molecule has 3 aromatic rings. The SMILES string of the molecule is O=C(NN=Cc1csc([N+](=O)[O-])c1)c1ccccc1Oc1ccccc1. The van der Waals surface area contributed by atoms with Gasteiger partial charge in [-0.1, -0.05) is 41.7 Å². The number of hydrazone groups is 1. The van der Waals surface area contributed by atoms with Crippen LogP contribution in [-0.4, -0.2) is 17.0 Å². The molecule has 0 saturated heterocycles. The molecule has 0 radical (unpaired) electrons. The van der Waals surface area contributed by atoms with Crippen molar-refractivity contribution in [1.82, 2.24) is 5.43 Å². The molecule has 1 amide bonds. The lowest BCUT2D eigenvalue weighted by molar-refractivity contribution is -0.380. The minimum absolute atomic E-state index is 0.0133. The van der Waals surface area contributed by atoms with Gasteiger partial charge in [0.15, 0.2) is 0 Å². The summed E-state index contributed by atoms with van der Waals surface area (Å²) in [4.78, 5) is 22.5. The molecular formula is C18H13N3O4S. The second-order valence-corrected chi connectivity index (χ2v) is 5.98. The van der Waals surface area contributed by atoms with Gasteiger partial charge in [0.05, 0.1) is 16.7 Å². The highest BCUT2D eigenvalue weighted by atomic mass is 32.1. The number of rotatable bonds is 6. The zero-order valence-electron chi connectivity index (χ0n) is 13.4. The first-order valence-electron chi connectivity index (χ1n) is 7.52. The van der Waals surface area contributed by atoms with Crippen molar-refractivity contribution < 1.29 is 14.5 Å². The van der Waals surface area contributed by atoms with Gasteiger partial charge in [-0.3, -0.25) is 14.9 Å².